The maximum Gasteiger partial charge on any atom is 0.416 e. The van der Waals surface area contributed by atoms with Gasteiger partial charge in [-0.3, -0.25) is 4.79 Å². The Morgan fingerprint density at radius 2 is 0.627 bits per heavy atom. The Bertz CT molecular complexity index is 2550. The summed E-state index contributed by atoms with van der Waals surface area (Å²) >= 11 is 0. The van der Waals surface area contributed by atoms with Crippen molar-refractivity contribution >= 4 is 33.8 Å². The molecule has 1 heterocycles. The molecule has 0 N–H and O–H groups in total. The summed E-state index contributed by atoms with van der Waals surface area (Å²) in [6.45, 7) is 2.92. The Kier molecular flexibility index (Phi) is 16.3. The molecule has 0 saturated heterocycles. The van der Waals surface area contributed by atoms with Gasteiger partial charge in [0.2, 0.25) is 12.3 Å². The van der Waals surface area contributed by atoms with E-state index in [4.69, 9.17) is 4.74 Å². The van der Waals surface area contributed by atoms with Crippen molar-refractivity contribution < 1.29 is 119 Å². The Morgan fingerprint density at radius 3 is 0.840 bits per heavy atom. The minimum absolute atomic E-state index is 0.0919. The van der Waals surface area contributed by atoms with Crippen molar-refractivity contribution in [3.63, 3.8) is 0 Å². The molecule has 6 aromatic rings. The third kappa shape index (κ3) is 14.1. The van der Waals surface area contributed by atoms with Gasteiger partial charge in [-0.05, 0) is 55.5 Å². The van der Waals surface area contributed by atoms with Crippen LogP contribution in [0.5, 0.6) is 5.75 Å². The number of hydrogen-bond acceptors (Lipinski definition) is 2. The molecule has 0 unspecified atom stereocenters. The summed E-state index contributed by atoms with van der Waals surface area (Å²) < 4.78 is 348. The minimum Gasteiger partial charge on any atom is -0.494 e. The molecular weight excluding hydrogens is 1080 g/mol. The monoisotopic (exact) mass is 1110 g/mol. The van der Waals surface area contributed by atoms with Gasteiger partial charge in [-0.15, -0.1) is 0 Å². The molecule has 0 radical (unpaired) electrons. The number of carbonyl (C=O) groups excluding carboxylic acids is 1. The van der Waals surface area contributed by atoms with Crippen LogP contribution in [0.4, 0.5) is 105 Å². The number of carbonyl (C=O) groups is 1. The lowest BCUT2D eigenvalue weighted by molar-refractivity contribution is -0.683. The van der Waals surface area contributed by atoms with Gasteiger partial charge in [0, 0.05) is 17.7 Å². The van der Waals surface area contributed by atoms with E-state index in [2.05, 4.69) is 0 Å². The maximum absolute atomic E-state index is 14.2. The van der Waals surface area contributed by atoms with Crippen molar-refractivity contribution in [1.29, 1.82) is 0 Å². The third-order valence-electron chi connectivity index (χ3n) is 11.0. The Balaban J connectivity index is 0.000000483. The zero-order chi connectivity index (χ0) is 56.7. The van der Waals surface area contributed by atoms with Crippen molar-refractivity contribution in [1.82, 2.24) is 0 Å². The van der Waals surface area contributed by atoms with Crippen LogP contribution in [0.2, 0.25) is 0 Å². The van der Waals surface area contributed by atoms with E-state index in [1.54, 1.807) is 12.1 Å². The molecule has 0 aliphatic heterocycles. The number of hydrogen-bond donors (Lipinski definition) is 0. The topological polar surface area (TPSA) is 30.2 Å². The lowest BCUT2D eigenvalue weighted by atomic mass is 9.12. The average molecular weight is 1110 g/mol. The summed E-state index contributed by atoms with van der Waals surface area (Å²) in [5.74, 6) is 0.885. The first-order valence-electron chi connectivity index (χ1n) is 20.6. The molecule has 404 valence electrons. The van der Waals surface area contributed by atoms with Gasteiger partial charge in [0.15, 0.2) is 12.4 Å². The highest BCUT2D eigenvalue weighted by Crippen LogP contribution is 2.41. The van der Waals surface area contributed by atoms with Gasteiger partial charge in [-0.25, -0.2) is 0 Å². The van der Waals surface area contributed by atoms with Crippen molar-refractivity contribution in [2.24, 2.45) is 0 Å². The van der Waals surface area contributed by atoms with Gasteiger partial charge in [0.25, 0.3) is 0 Å². The number of benzene rings is 5. The van der Waals surface area contributed by atoms with E-state index in [0.29, 0.717) is 18.7 Å². The number of ether oxygens (including phenoxy) is 1. The van der Waals surface area contributed by atoms with Gasteiger partial charge in [0.1, 0.15) is 11.9 Å². The second-order valence-corrected chi connectivity index (χ2v) is 16.2. The van der Waals surface area contributed by atoms with Crippen LogP contribution >= 0.6 is 0 Å². The fourth-order valence-electron chi connectivity index (χ4n) is 7.77. The summed E-state index contributed by atoms with van der Waals surface area (Å²) in [4.78, 5) is 12.0. The highest BCUT2D eigenvalue weighted by atomic mass is 19.4. The number of pyridine rings is 1. The number of aromatic nitrogens is 1. The maximum atomic E-state index is 14.2. The summed E-state index contributed by atoms with van der Waals surface area (Å²) in [6.07, 6.45) is -51.0. The molecule has 0 aliphatic carbocycles. The minimum atomic E-state index is -6.13. The average Bonchev–Trinajstić information content (AvgIpc) is 3.27. The second-order valence-electron chi connectivity index (χ2n) is 16.2. The molecule has 1 aromatic heterocycles. The van der Waals surface area contributed by atoms with Crippen LogP contribution in [0.3, 0.4) is 0 Å². The molecule has 0 amide bonds. The highest BCUT2D eigenvalue weighted by Gasteiger charge is 2.47. The molecule has 0 fully saturated rings. The molecule has 28 heteroatoms. The number of rotatable bonds is 9. The molecule has 5 aromatic carbocycles. The van der Waals surface area contributed by atoms with E-state index >= 15 is 0 Å². The zero-order valence-electron chi connectivity index (χ0n) is 37.0. The Hall–Kier alpha value is -6.90. The standard InChI is InChI=1S/C32H12BF24.C15H16NO2/c34-25(35,36)13-1-14(26(37,38)39)6-21(5-13)33(22-7-15(27(40,41)42)2-16(8-22)28(43,44)45,23-9-17(29(46,47)48)3-18(10-23)30(49,50)51)24-11-19(31(52,53)54)4-20(12-24)32(55,56)57;1-2-18-14-8-6-13(7-9-14)15(17)12-16-10-4-3-5-11-16/h1-12H;3-11H,2,12H2,1H3/q-1;+1. The first-order chi connectivity index (χ1) is 34.1. The number of alkyl halides is 24. The summed E-state index contributed by atoms with van der Waals surface area (Å²) in [6, 6.07) is 4.19. The molecule has 6 rings (SSSR count). The van der Waals surface area contributed by atoms with Crippen molar-refractivity contribution in [2.45, 2.75) is 62.9 Å². The lowest BCUT2D eigenvalue weighted by Gasteiger charge is -2.46. The normalized spacial score (nSPS) is 13.3. The van der Waals surface area contributed by atoms with Crippen LogP contribution < -0.4 is 31.2 Å². The Morgan fingerprint density at radius 1 is 0.387 bits per heavy atom. The van der Waals surface area contributed by atoms with Crippen LogP contribution in [0.15, 0.2) is 128 Å². The number of Topliss-reactive ketones (excluding diaryl/α,β-unsaturated/α-hetero) is 1. The largest absolute Gasteiger partial charge is 0.494 e. The van der Waals surface area contributed by atoms with Crippen LogP contribution in [-0.2, 0) is 56.0 Å². The van der Waals surface area contributed by atoms with Gasteiger partial charge in [-0.2, -0.15) is 132 Å². The van der Waals surface area contributed by atoms with E-state index in [1.165, 1.54) is 0 Å². The molecule has 0 atom stereocenters. The van der Waals surface area contributed by atoms with Gasteiger partial charge in [0.05, 0.1) is 51.1 Å². The van der Waals surface area contributed by atoms with Crippen LogP contribution in [-0.4, -0.2) is 18.5 Å². The van der Waals surface area contributed by atoms with Gasteiger partial charge in [-0.1, -0.05) is 54.6 Å². The van der Waals surface area contributed by atoms with Crippen LogP contribution in [0.25, 0.3) is 0 Å². The summed E-state index contributed by atoms with van der Waals surface area (Å²) in [7, 11) is 0. The van der Waals surface area contributed by atoms with E-state index in [0.717, 1.165) is 5.75 Å². The lowest BCUT2D eigenvalue weighted by Crippen LogP contribution is -2.75. The molecule has 3 nitrogen and oxygen atoms in total. The van der Waals surface area contributed by atoms with Crippen LogP contribution in [0, 0.1) is 0 Å². The molecule has 0 bridgehead atoms. The van der Waals surface area contributed by atoms with Gasteiger partial charge >= 0.3 is 49.4 Å². The van der Waals surface area contributed by atoms with Crippen molar-refractivity contribution in [2.75, 3.05) is 6.61 Å². The summed E-state index contributed by atoms with van der Waals surface area (Å²) in [5, 5.41) is 0. The first kappa shape index (κ1) is 59.0. The molecular formula is C47H28BF24NO2. The fourth-order valence-corrected chi connectivity index (χ4v) is 7.77. The van der Waals surface area contributed by atoms with Crippen molar-refractivity contribution in [3.8, 4) is 5.75 Å². The SMILES string of the molecule is CCOc1ccc(C(=O)C[n+]2ccccc2)cc1.FC(F)(F)c1cc([B-](c2cc(C(F)(F)F)cc(C(F)(F)F)c2)(c2cc(C(F)(F)F)cc(C(F)(F)F)c2)c2cc(C(F)(F)F)cc(C(F)(F)F)c2)cc(C(F)(F)F)c1. The molecule has 0 spiro atoms. The van der Waals surface area contributed by atoms with Gasteiger partial charge < -0.3 is 4.74 Å². The Labute approximate surface area is 405 Å². The molecule has 75 heavy (non-hydrogen) atoms. The smallest absolute Gasteiger partial charge is 0.416 e. The predicted molar refractivity (Wildman–Crippen MR) is 219 cm³/mol. The quantitative estimate of drug-likeness (QED) is 0.0625. The third-order valence-corrected chi connectivity index (χ3v) is 11.0. The second kappa shape index (κ2) is 20.7. The number of halogens is 24. The number of ketones is 1. The zero-order valence-corrected chi connectivity index (χ0v) is 37.0. The van der Waals surface area contributed by atoms with E-state index < -0.39 is 195 Å². The summed E-state index contributed by atoms with van der Waals surface area (Å²) in [5.41, 5.74) is -29.5. The first-order valence-corrected chi connectivity index (χ1v) is 20.6. The predicted octanol–water partition coefficient (Wildman–Crippen LogP) is 13.5. The fraction of sp³-hybridized carbons (Fsp3) is 0.234. The molecule has 0 aliphatic rings. The van der Waals surface area contributed by atoms with Crippen LogP contribution in [0.1, 0.15) is 61.8 Å². The van der Waals surface area contributed by atoms with E-state index in [-0.39, 0.29) is 5.78 Å². The van der Waals surface area contributed by atoms with Crippen molar-refractivity contribution in [3.05, 3.63) is 178 Å². The highest BCUT2D eigenvalue weighted by molar-refractivity contribution is 7.20. The van der Waals surface area contributed by atoms with E-state index in [1.807, 2.05) is 54.2 Å². The van der Waals surface area contributed by atoms with E-state index in [9.17, 15) is 110 Å². The molecule has 0 saturated carbocycles. The number of nitrogens with zero attached hydrogens (tertiary/aromatic N) is 1.